The van der Waals surface area contributed by atoms with E-state index in [9.17, 15) is 60.4 Å². The van der Waals surface area contributed by atoms with Gasteiger partial charge in [0.25, 0.3) is 0 Å². The zero-order valence-corrected chi connectivity index (χ0v) is 57.7. The number of fused-ring (bicyclic) bond motifs is 3. The fourth-order valence-corrected chi connectivity index (χ4v) is 13.3. The van der Waals surface area contributed by atoms with Crippen LogP contribution in [0.4, 0.5) is 35.9 Å². The quantitative estimate of drug-likeness (QED) is 0.0363. The Kier molecular flexibility index (Phi) is 20.9. The number of halogens is 3. The largest absolute Gasteiger partial charge is 0.516 e. The molecule has 10 N–H and O–H groups in total. The first kappa shape index (κ1) is 72.0. The van der Waals surface area contributed by atoms with Crippen molar-refractivity contribution in [3.63, 3.8) is 0 Å². The normalized spacial score (nSPS) is 12.6. The summed E-state index contributed by atoms with van der Waals surface area (Å²) < 4.78 is 162. The molecule has 3 aromatic heterocycles. The number of anilines is 4. The molecule has 0 saturated heterocycles. The van der Waals surface area contributed by atoms with Crippen molar-refractivity contribution in [1.82, 2.24) is 29.9 Å². The fourth-order valence-electron chi connectivity index (χ4n) is 10.2. The van der Waals surface area contributed by atoms with Gasteiger partial charge >= 0.3 is 15.5 Å². The standard InChI is InChI=1S/C25H25N3O3S.C23H19F3N4O4S2.C22H20N4O4S2/c1-25(2,29)21-7-5-4-6-20(21)18-11-14-22-23(16-18)27-24(26-22)15-10-17-8-12-19(13-9-17)28-32(3,30)31;1-35(31,32)29-17-10-6-15(7-11-17)8-13-22-27-20-12-9-16(14-21(20)28-22)18-4-2-3-5-19(18)30-36(33,34)23(24,25)26;1-31(27,28)26-17-10-6-15(7-11-17)8-13-22-24-19-12-9-16(14-20(19)25-22)18-4-2-3-5-21(18)32(23,29)30/h4-16,28-29H,1-3H3,(H,26,27);2-14,29-30H,1H3,(H,27,28);2-14,26H,1H3,(H,24,25)(H2,23,29,30)/b15-10+;2*13-8+. The number of imidazole rings is 3. The van der Waals surface area contributed by atoms with E-state index in [4.69, 9.17) is 5.14 Å². The number of H-pyrrole nitrogens is 3. The van der Waals surface area contributed by atoms with Gasteiger partial charge in [0.15, 0.2) is 0 Å². The van der Waals surface area contributed by atoms with Crippen LogP contribution < -0.4 is 24.0 Å². The van der Waals surface area contributed by atoms with Crippen LogP contribution in [0.5, 0.6) is 0 Å². The fraction of sp³-hybridized carbons (Fsp3) is 0.100. The molecule has 0 aliphatic rings. The van der Waals surface area contributed by atoms with Crippen molar-refractivity contribution in [2.24, 2.45) is 5.14 Å². The summed E-state index contributed by atoms with van der Waals surface area (Å²) in [6.07, 6.45) is 14.2. The maximum Gasteiger partial charge on any atom is 0.516 e. The molecule has 516 valence electrons. The predicted octanol–water partition coefficient (Wildman–Crippen LogP) is 13.5. The average molecular weight is 1450 g/mol. The minimum Gasteiger partial charge on any atom is -0.386 e. The Bertz CT molecular complexity index is 5720. The van der Waals surface area contributed by atoms with Gasteiger partial charge in [-0.3, -0.25) is 18.9 Å². The topological polar surface area (TPSA) is 351 Å². The van der Waals surface area contributed by atoms with Crippen LogP contribution in [0.2, 0.25) is 0 Å². The SMILES string of the molecule is CC(C)(O)c1ccccc1-c1ccc2nc(/C=C/c3ccc(NS(C)(=O)=O)cc3)[nH]c2c1.CS(=O)(=O)Nc1ccc(/C=C/c2nc3ccc(-c4ccccc4NS(=O)(=O)C(F)(F)F)cc3[nH]2)cc1.CS(=O)(=O)Nc1ccc(/C=C/c2nc3ccc(-c4ccccc4S(N)(=O)=O)cc3[nH]2)cc1. The van der Waals surface area contributed by atoms with E-state index in [0.29, 0.717) is 62.3 Å². The minimum atomic E-state index is -5.58. The summed E-state index contributed by atoms with van der Waals surface area (Å²) in [5, 5.41) is 15.9. The van der Waals surface area contributed by atoms with Gasteiger partial charge in [-0.05, 0) is 162 Å². The Labute approximate surface area is 575 Å². The van der Waals surface area contributed by atoms with Crippen LogP contribution in [0.25, 0.3) is 103 Å². The van der Waals surface area contributed by atoms with E-state index in [2.05, 4.69) is 44.1 Å². The number of alkyl halides is 3. The molecule has 0 bridgehead atoms. The Morgan fingerprint density at radius 3 is 1.10 bits per heavy atom. The highest BCUT2D eigenvalue weighted by Crippen LogP contribution is 2.36. The number of hydrogen-bond acceptors (Lipinski definition) is 14. The summed E-state index contributed by atoms with van der Waals surface area (Å²) in [6, 6.07) is 57.3. The van der Waals surface area contributed by atoms with E-state index in [0.717, 1.165) is 74.2 Å². The second kappa shape index (κ2) is 29.0. The van der Waals surface area contributed by atoms with E-state index >= 15 is 0 Å². The first-order valence-corrected chi connectivity index (χ1v) is 38.6. The molecule has 0 atom stereocenters. The van der Waals surface area contributed by atoms with E-state index in [1.165, 1.54) is 24.3 Å². The third-order valence-corrected chi connectivity index (χ3v) is 18.5. The number of hydrogen-bond donors (Lipinski definition) is 9. The zero-order valence-electron chi connectivity index (χ0n) is 53.6. The molecule has 0 radical (unpaired) electrons. The molecule has 12 aromatic rings. The molecular formula is C70H64F3N11O11S5. The van der Waals surface area contributed by atoms with Crippen LogP contribution >= 0.6 is 0 Å². The molecule has 22 nitrogen and oxygen atoms in total. The smallest absolute Gasteiger partial charge is 0.386 e. The summed E-state index contributed by atoms with van der Waals surface area (Å²) in [6.45, 7) is 3.57. The van der Waals surface area contributed by atoms with Crippen molar-refractivity contribution in [2.75, 3.05) is 37.7 Å². The number of benzene rings is 9. The number of aliphatic hydroxyl groups is 1. The number of nitrogens with zero attached hydrogens (tertiary/aromatic N) is 3. The van der Waals surface area contributed by atoms with Crippen molar-refractivity contribution in [3.8, 4) is 33.4 Å². The van der Waals surface area contributed by atoms with Gasteiger partial charge in [-0.25, -0.2) is 53.8 Å². The van der Waals surface area contributed by atoms with Crippen LogP contribution in [-0.2, 0) is 55.7 Å². The lowest BCUT2D eigenvalue weighted by Crippen LogP contribution is -2.30. The monoisotopic (exact) mass is 1450 g/mol. The molecule has 0 saturated carbocycles. The van der Waals surface area contributed by atoms with Gasteiger partial charge in [0.1, 0.15) is 17.5 Å². The second-order valence-corrected chi connectivity index (χ2v) is 31.7. The van der Waals surface area contributed by atoms with Crippen LogP contribution in [0.3, 0.4) is 0 Å². The average Bonchev–Trinajstić information content (AvgIpc) is 1.54. The summed E-state index contributed by atoms with van der Waals surface area (Å²) in [4.78, 5) is 23.3. The molecule has 3 heterocycles. The Balaban J connectivity index is 0.000000162. The molecule has 30 heteroatoms. The van der Waals surface area contributed by atoms with Gasteiger partial charge in [0.05, 0.1) is 68.1 Å². The number of nitrogens with two attached hydrogens (primary N) is 1. The first-order valence-electron chi connectivity index (χ1n) is 29.9. The summed E-state index contributed by atoms with van der Waals surface area (Å²) in [5.74, 6) is 1.84. The van der Waals surface area contributed by atoms with E-state index in [-0.39, 0.29) is 16.1 Å². The number of aromatic nitrogens is 6. The van der Waals surface area contributed by atoms with E-state index < -0.39 is 61.2 Å². The van der Waals surface area contributed by atoms with Crippen LogP contribution in [0.1, 0.15) is 53.6 Å². The van der Waals surface area contributed by atoms with Crippen LogP contribution in [0.15, 0.2) is 205 Å². The molecule has 0 spiro atoms. The summed E-state index contributed by atoms with van der Waals surface area (Å²) >= 11 is 0. The van der Waals surface area contributed by atoms with Gasteiger partial charge in [-0.1, -0.05) is 133 Å². The van der Waals surface area contributed by atoms with Crippen molar-refractivity contribution < 1.29 is 60.4 Å². The number of nitrogens with one attached hydrogen (secondary N) is 7. The van der Waals surface area contributed by atoms with Gasteiger partial charge in [0.2, 0.25) is 40.1 Å². The van der Waals surface area contributed by atoms with Crippen LogP contribution in [0, 0.1) is 0 Å². The number of rotatable bonds is 19. The Hall–Kier alpha value is -10.7. The van der Waals surface area contributed by atoms with Crippen molar-refractivity contribution in [1.29, 1.82) is 0 Å². The molecule has 0 unspecified atom stereocenters. The maximum atomic E-state index is 12.8. The Morgan fingerprint density at radius 2 is 0.740 bits per heavy atom. The maximum absolute atomic E-state index is 12.8. The molecule has 0 amide bonds. The number of aromatic amines is 3. The van der Waals surface area contributed by atoms with Crippen LogP contribution in [-0.4, -0.2) is 101 Å². The van der Waals surface area contributed by atoms with E-state index in [1.54, 1.807) is 146 Å². The number of sulfonamides is 5. The Morgan fingerprint density at radius 1 is 0.410 bits per heavy atom. The van der Waals surface area contributed by atoms with E-state index in [1.807, 2.05) is 85.0 Å². The van der Waals surface area contributed by atoms with Crippen molar-refractivity contribution in [2.45, 2.75) is 29.9 Å². The second-order valence-electron chi connectivity index (χ2n) is 23.3. The highest BCUT2D eigenvalue weighted by molar-refractivity contribution is 7.93. The number of primary sulfonamides is 1. The molecule has 0 fully saturated rings. The van der Waals surface area contributed by atoms with Gasteiger partial charge in [-0.15, -0.1) is 0 Å². The molecule has 100 heavy (non-hydrogen) atoms. The highest BCUT2D eigenvalue weighted by Gasteiger charge is 2.46. The lowest BCUT2D eigenvalue weighted by Gasteiger charge is -2.21. The predicted molar refractivity (Wildman–Crippen MR) is 391 cm³/mol. The summed E-state index contributed by atoms with van der Waals surface area (Å²) in [7, 11) is -19.4. The molecule has 0 aliphatic heterocycles. The zero-order chi connectivity index (χ0) is 72.0. The lowest BCUT2D eigenvalue weighted by atomic mass is 9.89. The van der Waals surface area contributed by atoms with Gasteiger partial charge in [0, 0.05) is 28.2 Å². The summed E-state index contributed by atoms with van der Waals surface area (Å²) in [5.41, 5.74) is 6.67. The molecular weight excluding hydrogens is 1390 g/mol. The molecule has 9 aromatic carbocycles. The minimum absolute atomic E-state index is 0.0628. The van der Waals surface area contributed by atoms with Gasteiger partial charge in [-0.2, -0.15) is 21.6 Å². The van der Waals surface area contributed by atoms with Gasteiger partial charge < -0.3 is 20.1 Å². The van der Waals surface area contributed by atoms with Crippen molar-refractivity contribution in [3.05, 3.63) is 240 Å². The molecule has 0 aliphatic carbocycles. The highest BCUT2D eigenvalue weighted by atomic mass is 32.2. The lowest BCUT2D eigenvalue weighted by molar-refractivity contribution is -0.0429. The first-order chi connectivity index (χ1) is 47.0. The number of para-hydroxylation sites is 1. The third-order valence-electron chi connectivity index (χ3n) is 14.6. The third kappa shape index (κ3) is 19.3. The molecule has 12 rings (SSSR count). The van der Waals surface area contributed by atoms with Crippen molar-refractivity contribution >= 4 is 142 Å².